The molecule has 0 aromatic heterocycles. The number of piperidine rings is 1. The van der Waals surface area contributed by atoms with Crippen LogP contribution in [-0.2, 0) is 0 Å². The van der Waals surface area contributed by atoms with Gasteiger partial charge in [-0.1, -0.05) is 34.1 Å². The van der Waals surface area contributed by atoms with Crippen LogP contribution in [0.2, 0.25) is 0 Å². The number of benzene rings is 1. The normalized spacial score (nSPS) is 20.4. The molecular weight excluding hydrogens is 276 g/mol. The molecule has 0 aliphatic carbocycles. The fraction of sp³-hybridized carbons (Fsp3) is 0.571. The third-order valence-corrected chi connectivity index (χ3v) is 4.51. The Balaban J connectivity index is 2.14. The standard InChI is InChI=1S/C14H21BrN2/c1-16-14(11-7-9-17(2)10-8-11)12-5-3-4-6-13(12)15/h3-6,11,14,16H,7-10H2,1-2H3. The summed E-state index contributed by atoms with van der Waals surface area (Å²) < 4.78 is 1.22. The summed E-state index contributed by atoms with van der Waals surface area (Å²) in [6.45, 7) is 2.43. The Morgan fingerprint density at radius 3 is 2.53 bits per heavy atom. The first kappa shape index (κ1) is 13.1. The van der Waals surface area contributed by atoms with E-state index in [2.05, 4.69) is 64.5 Å². The number of nitrogens with one attached hydrogen (secondary N) is 1. The van der Waals surface area contributed by atoms with Gasteiger partial charge in [-0.05, 0) is 57.6 Å². The van der Waals surface area contributed by atoms with E-state index in [4.69, 9.17) is 0 Å². The molecule has 1 fully saturated rings. The highest BCUT2D eigenvalue weighted by atomic mass is 79.9. The van der Waals surface area contributed by atoms with Crippen molar-refractivity contribution in [2.24, 2.45) is 5.92 Å². The average molecular weight is 297 g/mol. The molecule has 2 rings (SSSR count). The maximum Gasteiger partial charge on any atom is 0.0358 e. The van der Waals surface area contributed by atoms with Crippen molar-refractivity contribution in [3.05, 3.63) is 34.3 Å². The summed E-state index contributed by atoms with van der Waals surface area (Å²) in [5.74, 6) is 0.745. The first-order valence-electron chi connectivity index (χ1n) is 6.32. The van der Waals surface area contributed by atoms with E-state index in [0.29, 0.717) is 6.04 Å². The van der Waals surface area contributed by atoms with Crippen molar-refractivity contribution in [2.45, 2.75) is 18.9 Å². The molecule has 1 heterocycles. The molecule has 0 saturated carbocycles. The van der Waals surface area contributed by atoms with E-state index in [9.17, 15) is 0 Å². The maximum atomic E-state index is 3.67. The third-order valence-electron chi connectivity index (χ3n) is 3.79. The van der Waals surface area contributed by atoms with Gasteiger partial charge in [0.1, 0.15) is 0 Å². The monoisotopic (exact) mass is 296 g/mol. The van der Waals surface area contributed by atoms with E-state index in [0.717, 1.165) is 5.92 Å². The number of likely N-dealkylation sites (tertiary alicyclic amines) is 1. The van der Waals surface area contributed by atoms with Crippen molar-refractivity contribution in [1.82, 2.24) is 10.2 Å². The highest BCUT2D eigenvalue weighted by molar-refractivity contribution is 9.10. The number of hydrogen-bond acceptors (Lipinski definition) is 2. The first-order valence-corrected chi connectivity index (χ1v) is 7.12. The summed E-state index contributed by atoms with van der Waals surface area (Å²) in [4.78, 5) is 2.42. The van der Waals surface area contributed by atoms with Crippen LogP contribution in [0.25, 0.3) is 0 Å². The predicted octanol–water partition coefficient (Wildman–Crippen LogP) is 3.05. The minimum absolute atomic E-state index is 0.472. The molecule has 2 nitrogen and oxygen atoms in total. The van der Waals surface area contributed by atoms with E-state index in [-0.39, 0.29) is 0 Å². The summed E-state index contributed by atoms with van der Waals surface area (Å²) in [7, 11) is 4.28. The van der Waals surface area contributed by atoms with Gasteiger partial charge in [0.25, 0.3) is 0 Å². The summed E-state index contributed by atoms with van der Waals surface area (Å²) in [6.07, 6.45) is 2.56. The molecule has 1 N–H and O–H groups in total. The zero-order valence-corrected chi connectivity index (χ0v) is 12.2. The molecule has 1 aliphatic heterocycles. The van der Waals surface area contributed by atoms with Gasteiger partial charge in [-0.15, -0.1) is 0 Å². The lowest BCUT2D eigenvalue weighted by molar-refractivity contribution is 0.188. The van der Waals surface area contributed by atoms with Crippen LogP contribution in [0.5, 0.6) is 0 Å². The maximum absolute atomic E-state index is 3.67. The second-order valence-corrected chi connectivity index (χ2v) is 5.78. The van der Waals surface area contributed by atoms with E-state index < -0.39 is 0 Å². The molecule has 0 bridgehead atoms. The summed E-state index contributed by atoms with van der Waals surface area (Å²) in [5, 5.41) is 3.50. The van der Waals surface area contributed by atoms with E-state index in [1.165, 1.54) is 36.0 Å². The minimum atomic E-state index is 0.472. The highest BCUT2D eigenvalue weighted by Gasteiger charge is 2.26. The molecule has 1 saturated heterocycles. The lowest BCUT2D eigenvalue weighted by Crippen LogP contribution is -2.36. The third kappa shape index (κ3) is 3.09. The molecule has 1 aliphatic rings. The number of rotatable bonds is 3. The van der Waals surface area contributed by atoms with Crippen molar-refractivity contribution >= 4 is 15.9 Å². The molecule has 1 aromatic carbocycles. The second kappa shape index (κ2) is 5.98. The largest absolute Gasteiger partial charge is 0.313 e. The lowest BCUT2D eigenvalue weighted by Gasteiger charge is -2.34. The van der Waals surface area contributed by atoms with Gasteiger partial charge in [0.05, 0.1) is 0 Å². The number of nitrogens with zero attached hydrogens (tertiary/aromatic N) is 1. The zero-order valence-electron chi connectivity index (χ0n) is 10.6. The number of halogens is 1. The topological polar surface area (TPSA) is 15.3 Å². The smallest absolute Gasteiger partial charge is 0.0358 e. The molecule has 1 unspecified atom stereocenters. The molecule has 17 heavy (non-hydrogen) atoms. The summed E-state index contributed by atoms with van der Waals surface area (Å²) >= 11 is 3.67. The van der Waals surface area contributed by atoms with Crippen LogP contribution in [-0.4, -0.2) is 32.1 Å². The van der Waals surface area contributed by atoms with Crippen molar-refractivity contribution in [2.75, 3.05) is 27.2 Å². The molecule has 0 amide bonds. The predicted molar refractivity (Wildman–Crippen MR) is 76.2 cm³/mol. The van der Waals surface area contributed by atoms with Crippen LogP contribution in [0.1, 0.15) is 24.4 Å². The van der Waals surface area contributed by atoms with Crippen molar-refractivity contribution in [1.29, 1.82) is 0 Å². The van der Waals surface area contributed by atoms with Crippen LogP contribution in [0.4, 0.5) is 0 Å². The first-order chi connectivity index (χ1) is 8.22. The second-order valence-electron chi connectivity index (χ2n) is 4.93. The molecular formula is C14H21BrN2. The van der Waals surface area contributed by atoms with Crippen LogP contribution in [0.15, 0.2) is 28.7 Å². The zero-order chi connectivity index (χ0) is 12.3. The Kier molecular flexibility index (Phi) is 4.60. The van der Waals surface area contributed by atoms with Gasteiger partial charge in [-0.2, -0.15) is 0 Å². The van der Waals surface area contributed by atoms with Crippen molar-refractivity contribution in [3.63, 3.8) is 0 Å². The van der Waals surface area contributed by atoms with Gasteiger partial charge >= 0.3 is 0 Å². The van der Waals surface area contributed by atoms with Gasteiger partial charge in [-0.3, -0.25) is 0 Å². The fourth-order valence-electron chi connectivity index (χ4n) is 2.73. The molecule has 0 radical (unpaired) electrons. The van der Waals surface area contributed by atoms with Crippen molar-refractivity contribution in [3.8, 4) is 0 Å². The molecule has 0 spiro atoms. The SMILES string of the molecule is CNC(c1ccccc1Br)C1CCN(C)CC1. The molecule has 1 aromatic rings. The van der Waals surface area contributed by atoms with E-state index in [1.54, 1.807) is 0 Å². The summed E-state index contributed by atoms with van der Waals surface area (Å²) in [5.41, 5.74) is 1.39. The fourth-order valence-corrected chi connectivity index (χ4v) is 3.27. The Labute approximate surface area is 113 Å². The highest BCUT2D eigenvalue weighted by Crippen LogP contribution is 2.33. The average Bonchev–Trinajstić information content (AvgIpc) is 2.35. The van der Waals surface area contributed by atoms with Crippen molar-refractivity contribution < 1.29 is 0 Å². The van der Waals surface area contributed by atoms with Crippen LogP contribution < -0.4 is 5.32 Å². The molecule has 3 heteroatoms. The Hall–Kier alpha value is -0.380. The van der Waals surface area contributed by atoms with Crippen LogP contribution in [0.3, 0.4) is 0 Å². The van der Waals surface area contributed by atoms with Crippen LogP contribution in [0, 0.1) is 5.92 Å². The van der Waals surface area contributed by atoms with E-state index >= 15 is 0 Å². The van der Waals surface area contributed by atoms with E-state index in [1.807, 2.05) is 0 Å². The Morgan fingerprint density at radius 2 is 1.94 bits per heavy atom. The molecule has 94 valence electrons. The number of hydrogen-bond donors (Lipinski definition) is 1. The van der Waals surface area contributed by atoms with Crippen LogP contribution >= 0.6 is 15.9 Å². The van der Waals surface area contributed by atoms with Gasteiger partial charge in [0.15, 0.2) is 0 Å². The minimum Gasteiger partial charge on any atom is -0.313 e. The van der Waals surface area contributed by atoms with Gasteiger partial charge in [0.2, 0.25) is 0 Å². The van der Waals surface area contributed by atoms with Gasteiger partial charge in [0, 0.05) is 10.5 Å². The lowest BCUT2D eigenvalue weighted by atomic mass is 9.85. The summed E-state index contributed by atoms with van der Waals surface area (Å²) in [6, 6.07) is 9.03. The Morgan fingerprint density at radius 1 is 1.29 bits per heavy atom. The quantitative estimate of drug-likeness (QED) is 0.922. The van der Waals surface area contributed by atoms with Gasteiger partial charge < -0.3 is 10.2 Å². The molecule has 1 atom stereocenters. The Bertz CT molecular complexity index is 359. The van der Waals surface area contributed by atoms with Gasteiger partial charge in [-0.25, -0.2) is 0 Å².